The van der Waals surface area contributed by atoms with Gasteiger partial charge in [0.15, 0.2) is 5.58 Å². The molecular formula is C14H19N3O2. The Morgan fingerprint density at radius 2 is 2.32 bits per heavy atom. The zero-order chi connectivity index (χ0) is 13.1. The first-order valence-electron chi connectivity index (χ1n) is 6.66. The Bertz CT molecular complexity index is 507. The molecule has 5 heteroatoms. The van der Waals surface area contributed by atoms with Crippen molar-refractivity contribution < 1.29 is 9.15 Å². The molecule has 0 saturated carbocycles. The van der Waals surface area contributed by atoms with Gasteiger partial charge in [-0.15, -0.1) is 0 Å². The number of hydrogen-bond acceptors (Lipinski definition) is 5. The molecule has 102 valence electrons. The number of likely N-dealkylation sites (N-methyl/N-ethyl adjacent to an activating group) is 1. The van der Waals surface area contributed by atoms with Crippen molar-refractivity contribution in [3.8, 4) is 0 Å². The smallest absolute Gasteiger partial charge is 0.209 e. The van der Waals surface area contributed by atoms with Crippen LogP contribution in [0, 0.1) is 0 Å². The highest BCUT2D eigenvalue weighted by molar-refractivity contribution is 5.72. The second-order valence-electron chi connectivity index (χ2n) is 4.96. The van der Waals surface area contributed by atoms with Crippen molar-refractivity contribution in [2.75, 3.05) is 33.3 Å². The van der Waals surface area contributed by atoms with Gasteiger partial charge in [0, 0.05) is 19.6 Å². The van der Waals surface area contributed by atoms with Crippen LogP contribution in [0.2, 0.25) is 0 Å². The number of rotatable bonds is 4. The van der Waals surface area contributed by atoms with E-state index in [1.54, 1.807) is 0 Å². The lowest BCUT2D eigenvalue weighted by Crippen LogP contribution is -2.44. The van der Waals surface area contributed by atoms with E-state index in [0.29, 0.717) is 6.54 Å². The van der Waals surface area contributed by atoms with Gasteiger partial charge >= 0.3 is 0 Å². The van der Waals surface area contributed by atoms with Crippen LogP contribution in [0.25, 0.3) is 11.1 Å². The van der Waals surface area contributed by atoms with E-state index in [1.807, 2.05) is 24.3 Å². The Hall–Kier alpha value is -1.43. The number of benzene rings is 1. The molecule has 1 aromatic heterocycles. The molecule has 2 heterocycles. The van der Waals surface area contributed by atoms with Crippen molar-refractivity contribution >= 4 is 11.1 Å². The maximum absolute atomic E-state index is 5.69. The topological polar surface area (TPSA) is 50.5 Å². The SMILES string of the molecule is CN1CCOC(CNCc2nc3ccccc3o2)C1. The predicted octanol–water partition coefficient (Wildman–Crippen LogP) is 1.25. The molecule has 19 heavy (non-hydrogen) atoms. The van der Waals surface area contributed by atoms with Crippen LogP contribution in [0.1, 0.15) is 5.89 Å². The first kappa shape index (κ1) is 12.6. The summed E-state index contributed by atoms with van der Waals surface area (Å²) in [6, 6.07) is 7.82. The van der Waals surface area contributed by atoms with E-state index < -0.39 is 0 Å². The Morgan fingerprint density at radius 1 is 1.42 bits per heavy atom. The van der Waals surface area contributed by atoms with Gasteiger partial charge in [-0.25, -0.2) is 4.98 Å². The average molecular weight is 261 g/mol. The van der Waals surface area contributed by atoms with Gasteiger partial charge in [0.25, 0.3) is 0 Å². The fourth-order valence-electron chi connectivity index (χ4n) is 2.33. The summed E-state index contributed by atoms with van der Waals surface area (Å²) in [7, 11) is 2.12. The van der Waals surface area contributed by atoms with Crippen molar-refractivity contribution in [3.05, 3.63) is 30.2 Å². The second kappa shape index (κ2) is 5.69. The van der Waals surface area contributed by atoms with E-state index in [9.17, 15) is 0 Å². The second-order valence-corrected chi connectivity index (χ2v) is 4.96. The summed E-state index contributed by atoms with van der Waals surface area (Å²) in [5.74, 6) is 0.727. The van der Waals surface area contributed by atoms with Gasteiger partial charge in [0.1, 0.15) is 5.52 Å². The Labute approximate surface area is 112 Å². The number of para-hydroxylation sites is 2. The summed E-state index contributed by atoms with van der Waals surface area (Å²) in [5.41, 5.74) is 1.75. The number of hydrogen-bond donors (Lipinski definition) is 1. The third-order valence-electron chi connectivity index (χ3n) is 3.33. The molecule has 1 N–H and O–H groups in total. The van der Waals surface area contributed by atoms with E-state index in [2.05, 4.69) is 22.2 Å². The fraction of sp³-hybridized carbons (Fsp3) is 0.500. The molecule has 1 aliphatic rings. The minimum Gasteiger partial charge on any atom is -0.439 e. The first-order chi connectivity index (χ1) is 9.31. The first-order valence-corrected chi connectivity index (χ1v) is 6.66. The van der Waals surface area contributed by atoms with E-state index in [1.165, 1.54) is 0 Å². The van der Waals surface area contributed by atoms with Crippen LogP contribution >= 0.6 is 0 Å². The maximum Gasteiger partial charge on any atom is 0.209 e. The number of oxazole rings is 1. The third kappa shape index (κ3) is 3.12. The molecule has 0 amide bonds. The molecule has 1 fully saturated rings. The van der Waals surface area contributed by atoms with E-state index in [0.717, 1.165) is 43.2 Å². The highest BCUT2D eigenvalue weighted by atomic mass is 16.5. The Balaban J connectivity index is 1.51. The monoisotopic (exact) mass is 261 g/mol. The highest BCUT2D eigenvalue weighted by Gasteiger charge is 2.17. The number of aromatic nitrogens is 1. The van der Waals surface area contributed by atoms with Gasteiger partial charge in [-0.1, -0.05) is 12.1 Å². The normalized spacial score (nSPS) is 21.0. The molecule has 1 unspecified atom stereocenters. The molecule has 5 nitrogen and oxygen atoms in total. The lowest BCUT2D eigenvalue weighted by atomic mass is 10.3. The average Bonchev–Trinajstić information content (AvgIpc) is 2.81. The van der Waals surface area contributed by atoms with Crippen molar-refractivity contribution in [2.24, 2.45) is 0 Å². The van der Waals surface area contributed by atoms with Crippen molar-refractivity contribution in [3.63, 3.8) is 0 Å². The van der Waals surface area contributed by atoms with Gasteiger partial charge in [0.05, 0.1) is 19.3 Å². The number of ether oxygens (including phenoxy) is 1. The maximum atomic E-state index is 5.69. The van der Waals surface area contributed by atoms with Gasteiger partial charge in [-0.2, -0.15) is 0 Å². The summed E-state index contributed by atoms with van der Waals surface area (Å²) in [5, 5.41) is 3.34. The van der Waals surface area contributed by atoms with Crippen LogP contribution in [0.5, 0.6) is 0 Å². The fourth-order valence-corrected chi connectivity index (χ4v) is 2.33. The van der Waals surface area contributed by atoms with Crippen LogP contribution in [-0.2, 0) is 11.3 Å². The zero-order valence-corrected chi connectivity index (χ0v) is 11.1. The van der Waals surface area contributed by atoms with Gasteiger partial charge in [-0.05, 0) is 19.2 Å². The quantitative estimate of drug-likeness (QED) is 0.897. The minimum absolute atomic E-state index is 0.253. The zero-order valence-electron chi connectivity index (χ0n) is 11.1. The number of fused-ring (bicyclic) bond motifs is 1. The lowest BCUT2D eigenvalue weighted by molar-refractivity contribution is -0.0183. The Morgan fingerprint density at radius 3 is 3.16 bits per heavy atom. The molecule has 1 saturated heterocycles. The number of nitrogens with zero attached hydrogens (tertiary/aromatic N) is 2. The molecular weight excluding hydrogens is 242 g/mol. The molecule has 1 atom stereocenters. The summed E-state index contributed by atoms with van der Waals surface area (Å²) >= 11 is 0. The summed E-state index contributed by atoms with van der Waals surface area (Å²) in [4.78, 5) is 6.72. The lowest BCUT2D eigenvalue weighted by Gasteiger charge is -2.30. The van der Waals surface area contributed by atoms with E-state index >= 15 is 0 Å². The number of morpholine rings is 1. The van der Waals surface area contributed by atoms with Crippen molar-refractivity contribution in [2.45, 2.75) is 12.6 Å². The third-order valence-corrected chi connectivity index (χ3v) is 3.33. The molecule has 0 spiro atoms. The van der Waals surface area contributed by atoms with Gasteiger partial charge < -0.3 is 19.4 Å². The molecule has 2 aromatic rings. The standard InChI is InChI=1S/C14H19N3O2/c1-17-6-7-18-11(10-17)8-15-9-14-16-12-4-2-3-5-13(12)19-14/h2-5,11,15H,6-10H2,1H3. The van der Waals surface area contributed by atoms with Crippen LogP contribution in [0.15, 0.2) is 28.7 Å². The van der Waals surface area contributed by atoms with Gasteiger partial charge in [0.2, 0.25) is 5.89 Å². The molecule has 0 bridgehead atoms. The number of nitrogens with one attached hydrogen (secondary N) is 1. The molecule has 0 aliphatic carbocycles. The Kier molecular flexibility index (Phi) is 3.77. The van der Waals surface area contributed by atoms with Gasteiger partial charge in [-0.3, -0.25) is 0 Å². The highest BCUT2D eigenvalue weighted by Crippen LogP contribution is 2.14. The van der Waals surface area contributed by atoms with Crippen molar-refractivity contribution in [1.82, 2.24) is 15.2 Å². The summed E-state index contributed by atoms with van der Waals surface area (Å²) in [6.45, 7) is 4.26. The van der Waals surface area contributed by atoms with Crippen molar-refractivity contribution in [1.29, 1.82) is 0 Å². The van der Waals surface area contributed by atoms with E-state index in [4.69, 9.17) is 9.15 Å². The van der Waals surface area contributed by atoms with Crippen LogP contribution in [0.4, 0.5) is 0 Å². The minimum atomic E-state index is 0.253. The molecule has 3 rings (SSSR count). The van der Waals surface area contributed by atoms with E-state index in [-0.39, 0.29) is 6.10 Å². The summed E-state index contributed by atoms with van der Waals surface area (Å²) < 4.78 is 11.3. The van der Waals surface area contributed by atoms with Crippen LogP contribution < -0.4 is 5.32 Å². The molecule has 1 aliphatic heterocycles. The van der Waals surface area contributed by atoms with Crippen LogP contribution in [0.3, 0.4) is 0 Å². The molecule has 0 radical (unpaired) electrons. The predicted molar refractivity (Wildman–Crippen MR) is 73.0 cm³/mol. The van der Waals surface area contributed by atoms with Crippen LogP contribution in [-0.4, -0.2) is 49.3 Å². The summed E-state index contributed by atoms with van der Waals surface area (Å²) in [6.07, 6.45) is 0.253. The largest absolute Gasteiger partial charge is 0.439 e. The molecule has 1 aromatic carbocycles.